The van der Waals surface area contributed by atoms with Crippen molar-refractivity contribution in [2.45, 2.75) is 25.7 Å². The number of nitrogens with one attached hydrogen (secondary N) is 1. The first kappa shape index (κ1) is 15.2. The highest BCUT2D eigenvalue weighted by Crippen LogP contribution is 2.09. The van der Waals surface area contributed by atoms with Crippen molar-refractivity contribution in [2.24, 2.45) is 5.10 Å². The van der Waals surface area contributed by atoms with Crippen LogP contribution in [-0.2, 0) is 9.59 Å². The summed E-state index contributed by atoms with van der Waals surface area (Å²) >= 11 is 0. The molecule has 5 nitrogen and oxygen atoms in total. The van der Waals surface area contributed by atoms with Crippen LogP contribution >= 0.6 is 0 Å². The van der Waals surface area contributed by atoms with Crippen LogP contribution in [0.1, 0.15) is 31.2 Å². The number of hydrogen-bond donors (Lipinski definition) is 1. The second-order valence-corrected chi connectivity index (χ2v) is 4.93. The molecule has 1 aliphatic rings. The second-order valence-electron chi connectivity index (χ2n) is 4.93. The van der Waals surface area contributed by atoms with E-state index in [2.05, 4.69) is 10.5 Å². The number of hydrogen-bond acceptors (Lipinski definition) is 3. The van der Waals surface area contributed by atoms with E-state index in [0.717, 1.165) is 25.7 Å². The fourth-order valence-electron chi connectivity index (χ4n) is 2.21. The summed E-state index contributed by atoms with van der Waals surface area (Å²) in [5, 5.41) is 3.63. The van der Waals surface area contributed by atoms with Crippen LogP contribution in [0.15, 0.2) is 29.4 Å². The first-order valence-corrected chi connectivity index (χ1v) is 7.05. The Morgan fingerprint density at radius 1 is 1.14 bits per heavy atom. The Hall–Kier alpha value is -2.24. The van der Waals surface area contributed by atoms with Gasteiger partial charge in [0.05, 0.1) is 6.21 Å². The maximum atomic E-state index is 13.3. The normalized spacial score (nSPS) is 15.8. The fourth-order valence-corrected chi connectivity index (χ4v) is 2.21. The van der Waals surface area contributed by atoms with Gasteiger partial charge in [0, 0.05) is 18.7 Å². The highest BCUT2D eigenvalue weighted by atomic mass is 19.1. The zero-order valence-electron chi connectivity index (χ0n) is 11.7. The molecule has 0 aromatic heterocycles. The van der Waals surface area contributed by atoms with Gasteiger partial charge >= 0.3 is 11.8 Å². The van der Waals surface area contributed by atoms with E-state index in [9.17, 15) is 14.0 Å². The van der Waals surface area contributed by atoms with Crippen molar-refractivity contribution in [3.05, 3.63) is 35.6 Å². The van der Waals surface area contributed by atoms with E-state index < -0.39 is 17.6 Å². The summed E-state index contributed by atoms with van der Waals surface area (Å²) in [6, 6.07) is 6.05. The third-order valence-corrected chi connectivity index (χ3v) is 3.36. The van der Waals surface area contributed by atoms with Crippen LogP contribution in [0.25, 0.3) is 0 Å². The predicted molar refractivity (Wildman–Crippen MR) is 77.2 cm³/mol. The van der Waals surface area contributed by atoms with Crippen molar-refractivity contribution >= 4 is 18.0 Å². The van der Waals surface area contributed by atoms with Gasteiger partial charge in [0.2, 0.25) is 0 Å². The van der Waals surface area contributed by atoms with Crippen molar-refractivity contribution in [2.75, 3.05) is 13.1 Å². The molecule has 1 aromatic carbocycles. The average molecular weight is 291 g/mol. The van der Waals surface area contributed by atoms with Crippen LogP contribution in [0.5, 0.6) is 0 Å². The molecular weight excluding hydrogens is 273 g/mol. The number of nitrogens with zero attached hydrogens (tertiary/aromatic N) is 2. The maximum absolute atomic E-state index is 13.3. The summed E-state index contributed by atoms with van der Waals surface area (Å²) in [7, 11) is 0. The summed E-state index contributed by atoms with van der Waals surface area (Å²) in [6.45, 7) is 1.20. The van der Waals surface area contributed by atoms with Gasteiger partial charge in [-0.25, -0.2) is 9.82 Å². The lowest BCUT2D eigenvalue weighted by Crippen LogP contribution is -2.41. The zero-order valence-corrected chi connectivity index (χ0v) is 11.7. The molecule has 0 bridgehead atoms. The first-order chi connectivity index (χ1) is 10.2. The minimum atomic E-state index is -0.788. The van der Waals surface area contributed by atoms with Gasteiger partial charge < -0.3 is 4.90 Å². The number of benzene rings is 1. The highest BCUT2D eigenvalue weighted by Gasteiger charge is 2.22. The minimum Gasteiger partial charge on any atom is -0.334 e. The van der Waals surface area contributed by atoms with Crippen molar-refractivity contribution < 1.29 is 14.0 Å². The Kier molecular flexibility index (Phi) is 5.43. The van der Waals surface area contributed by atoms with Gasteiger partial charge in [-0.15, -0.1) is 0 Å². The van der Waals surface area contributed by atoms with Gasteiger partial charge in [-0.2, -0.15) is 5.10 Å². The molecule has 1 saturated heterocycles. The Labute approximate surface area is 122 Å². The van der Waals surface area contributed by atoms with E-state index in [1.165, 1.54) is 18.3 Å². The molecule has 21 heavy (non-hydrogen) atoms. The molecule has 0 spiro atoms. The smallest absolute Gasteiger partial charge is 0.329 e. The summed E-state index contributed by atoms with van der Waals surface area (Å²) in [5.41, 5.74) is 2.40. The van der Waals surface area contributed by atoms with Crippen LogP contribution in [0.4, 0.5) is 4.39 Å². The van der Waals surface area contributed by atoms with Crippen LogP contribution in [0, 0.1) is 5.82 Å². The third-order valence-electron chi connectivity index (χ3n) is 3.36. The number of carbonyl (C=O) groups is 2. The van der Waals surface area contributed by atoms with Gasteiger partial charge in [-0.1, -0.05) is 31.0 Å². The van der Waals surface area contributed by atoms with Crippen molar-refractivity contribution in [3.8, 4) is 0 Å². The lowest BCUT2D eigenvalue weighted by Gasteiger charge is -2.18. The molecule has 0 unspecified atom stereocenters. The quantitative estimate of drug-likeness (QED) is 0.512. The molecule has 112 valence electrons. The van der Waals surface area contributed by atoms with E-state index >= 15 is 0 Å². The fraction of sp³-hybridized carbons (Fsp3) is 0.400. The molecule has 2 rings (SSSR count). The van der Waals surface area contributed by atoms with E-state index in [-0.39, 0.29) is 5.56 Å². The molecule has 1 heterocycles. The molecule has 1 aliphatic heterocycles. The molecule has 1 fully saturated rings. The Balaban J connectivity index is 1.89. The molecule has 0 radical (unpaired) electrons. The number of amides is 2. The molecule has 1 aromatic rings. The Morgan fingerprint density at radius 3 is 2.48 bits per heavy atom. The zero-order chi connectivity index (χ0) is 15.1. The molecule has 1 N–H and O–H groups in total. The SMILES string of the molecule is O=C(N/N=C/c1ccccc1F)C(=O)N1CCCCCC1. The number of rotatable bonds is 2. The molecule has 6 heteroatoms. The lowest BCUT2D eigenvalue weighted by molar-refractivity contribution is -0.145. The monoisotopic (exact) mass is 291 g/mol. The van der Waals surface area contributed by atoms with Gasteiger partial charge in [-0.3, -0.25) is 9.59 Å². The van der Waals surface area contributed by atoms with Gasteiger partial charge in [0.1, 0.15) is 5.82 Å². The topological polar surface area (TPSA) is 61.8 Å². The molecular formula is C15H18FN3O2. The Morgan fingerprint density at radius 2 is 1.81 bits per heavy atom. The number of carbonyl (C=O) groups excluding carboxylic acids is 2. The van der Waals surface area contributed by atoms with E-state index in [4.69, 9.17) is 0 Å². The number of likely N-dealkylation sites (tertiary alicyclic amines) is 1. The van der Waals surface area contributed by atoms with Gasteiger partial charge in [0.15, 0.2) is 0 Å². The summed E-state index contributed by atoms with van der Waals surface area (Å²) in [4.78, 5) is 25.2. The summed E-state index contributed by atoms with van der Waals surface area (Å²) in [5.74, 6) is -1.80. The standard InChI is InChI=1S/C15H18FN3O2/c16-13-8-4-3-7-12(13)11-17-18-14(20)15(21)19-9-5-1-2-6-10-19/h3-4,7-8,11H,1-2,5-6,9-10H2,(H,18,20)/b17-11+. The average Bonchev–Trinajstić information content (AvgIpc) is 2.77. The summed E-state index contributed by atoms with van der Waals surface area (Å²) in [6.07, 6.45) is 5.17. The summed E-state index contributed by atoms with van der Waals surface area (Å²) < 4.78 is 13.3. The minimum absolute atomic E-state index is 0.250. The third kappa shape index (κ3) is 4.37. The van der Waals surface area contributed by atoms with E-state index in [1.54, 1.807) is 17.0 Å². The van der Waals surface area contributed by atoms with E-state index in [0.29, 0.717) is 13.1 Å². The second kappa shape index (κ2) is 7.52. The maximum Gasteiger partial charge on any atom is 0.329 e. The molecule has 2 amide bonds. The van der Waals surface area contributed by atoms with Gasteiger partial charge in [0.25, 0.3) is 0 Å². The van der Waals surface area contributed by atoms with Crippen molar-refractivity contribution in [1.82, 2.24) is 10.3 Å². The van der Waals surface area contributed by atoms with Crippen LogP contribution < -0.4 is 5.43 Å². The molecule has 0 aliphatic carbocycles. The first-order valence-electron chi connectivity index (χ1n) is 7.05. The van der Waals surface area contributed by atoms with E-state index in [1.807, 2.05) is 0 Å². The highest BCUT2D eigenvalue weighted by molar-refractivity contribution is 6.35. The van der Waals surface area contributed by atoms with Crippen LogP contribution in [-0.4, -0.2) is 36.0 Å². The van der Waals surface area contributed by atoms with Crippen LogP contribution in [0.2, 0.25) is 0 Å². The largest absolute Gasteiger partial charge is 0.334 e. The van der Waals surface area contributed by atoms with Crippen molar-refractivity contribution in [3.63, 3.8) is 0 Å². The molecule has 0 atom stereocenters. The number of hydrazone groups is 1. The lowest BCUT2D eigenvalue weighted by atomic mass is 10.2. The number of halogens is 1. The van der Waals surface area contributed by atoms with Crippen molar-refractivity contribution in [1.29, 1.82) is 0 Å². The predicted octanol–water partition coefficient (Wildman–Crippen LogP) is 1.68. The van der Waals surface area contributed by atoms with Gasteiger partial charge in [-0.05, 0) is 18.9 Å². The molecule has 0 saturated carbocycles. The Bertz CT molecular complexity index is 537. The van der Waals surface area contributed by atoms with Crippen LogP contribution in [0.3, 0.4) is 0 Å².